The van der Waals surface area contributed by atoms with Crippen LogP contribution in [0.3, 0.4) is 0 Å². The molecule has 0 saturated heterocycles. The molecule has 2 aromatic rings. The molecule has 0 fully saturated rings. The Bertz CT molecular complexity index is 587. The Balaban J connectivity index is 1.98. The molecule has 0 radical (unpaired) electrons. The molecule has 104 valence electrons. The summed E-state index contributed by atoms with van der Waals surface area (Å²) in [4.78, 5) is 12.3. The number of rotatable bonds is 5. The van der Waals surface area contributed by atoms with Gasteiger partial charge in [-0.1, -0.05) is 54.1 Å². The zero-order chi connectivity index (χ0) is 14.5. The van der Waals surface area contributed by atoms with Crippen molar-refractivity contribution in [3.63, 3.8) is 0 Å². The molecule has 0 aromatic heterocycles. The van der Waals surface area contributed by atoms with Crippen LogP contribution in [0.25, 0.3) is 0 Å². The fourth-order valence-electron chi connectivity index (χ4n) is 2.02. The normalized spacial score (nSPS) is 12.2. The molecule has 0 aliphatic rings. The van der Waals surface area contributed by atoms with Gasteiger partial charge in [0.25, 0.3) is 0 Å². The molecule has 0 bridgehead atoms. The lowest BCUT2D eigenvalue weighted by atomic mass is 10.1. The first-order valence-electron chi connectivity index (χ1n) is 6.85. The highest BCUT2D eigenvalue weighted by molar-refractivity contribution is 7.99. The van der Waals surface area contributed by atoms with E-state index < -0.39 is 0 Å². The van der Waals surface area contributed by atoms with Crippen molar-refractivity contribution in [2.75, 3.05) is 0 Å². The van der Waals surface area contributed by atoms with Crippen molar-refractivity contribution < 1.29 is 4.79 Å². The molecule has 1 nitrogen and oxygen atoms in total. The molecule has 2 aromatic carbocycles. The Labute approximate surface area is 125 Å². The van der Waals surface area contributed by atoms with Crippen molar-refractivity contribution in [1.29, 1.82) is 0 Å². The minimum Gasteiger partial charge on any atom is -0.293 e. The predicted octanol–water partition coefficient (Wildman–Crippen LogP) is 4.81. The lowest BCUT2D eigenvalue weighted by Gasteiger charge is -2.12. The molecule has 1 unspecified atom stereocenters. The van der Waals surface area contributed by atoms with Crippen LogP contribution in [0.1, 0.15) is 34.0 Å². The third-order valence-electron chi connectivity index (χ3n) is 3.46. The van der Waals surface area contributed by atoms with Gasteiger partial charge in [-0.15, -0.1) is 11.8 Å². The summed E-state index contributed by atoms with van der Waals surface area (Å²) in [5.41, 5.74) is 4.58. The van der Waals surface area contributed by atoms with Gasteiger partial charge in [0.2, 0.25) is 0 Å². The summed E-state index contributed by atoms with van der Waals surface area (Å²) in [6.07, 6.45) is 0. The van der Waals surface area contributed by atoms with E-state index in [4.69, 9.17) is 0 Å². The van der Waals surface area contributed by atoms with Crippen molar-refractivity contribution in [1.82, 2.24) is 0 Å². The largest absolute Gasteiger partial charge is 0.293 e. The van der Waals surface area contributed by atoms with Gasteiger partial charge in [0.05, 0.1) is 5.25 Å². The minimum atomic E-state index is -0.0164. The molecular formula is C18H20OS. The molecule has 2 heteroatoms. The van der Waals surface area contributed by atoms with Crippen LogP contribution in [0, 0.1) is 13.8 Å². The highest BCUT2D eigenvalue weighted by Gasteiger charge is 2.15. The van der Waals surface area contributed by atoms with Crippen molar-refractivity contribution in [2.45, 2.75) is 31.8 Å². The fraction of sp³-hybridized carbons (Fsp3) is 0.278. The zero-order valence-corrected chi connectivity index (χ0v) is 13.0. The average molecular weight is 284 g/mol. The molecule has 0 N–H and O–H groups in total. The number of carbonyl (C=O) groups excluding carboxylic acids is 1. The maximum Gasteiger partial charge on any atom is 0.175 e. The van der Waals surface area contributed by atoms with E-state index in [0.717, 1.165) is 11.3 Å². The second kappa shape index (κ2) is 6.76. The fourth-order valence-corrected chi connectivity index (χ4v) is 3.06. The summed E-state index contributed by atoms with van der Waals surface area (Å²) in [7, 11) is 0. The van der Waals surface area contributed by atoms with Gasteiger partial charge in [0.15, 0.2) is 5.78 Å². The first-order chi connectivity index (χ1) is 9.58. The van der Waals surface area contributed by atoms with E-state index in [1.807, 2.05) is 44.2 Å². The van der Waals surface area contributed by atoms with Crippen LogP contribution >= 0.6 is 11.8 Å². The molecule has 0 heterocycles. The summed E-state index contributed by atoms with van der Waals surface area (Å²) < 4.78 is 0. The average Bonchev–Trinajstić information content (AvgIpc) is 2.46. The second-order valence-corrected chi connectivity index (χ2v) is 6.44. The number of aryl methyl sites for hydroxylation is 2. The second-order valence-electron chi connectivity index (χ2n) is 5.11. The number of ketones is 1. The molecule has 0 aliphatic heterocycles. The van der Waals surface area contributed by atoms with Gasteiger partial charge in [0.1, 0.15) is 0 Å². The number of hydrogen-bond donors (Lipinski definition) is 0. The van der Waals surface area contributed by atoms with Crippen molar-refractivity contribution in [3.8, 4) is 0 Å². The summed E-state index contributed by atoms with van der Waals surface area (Å²) in [6.45, 7) is 6.14. The highest BCUT2D eigenvalue weighted by Crippen LogP contribution is 2.22. The lowest BCUT2D eigenvalue weighted by Crippen LogP contribution is -2.13. The topological polar surface area (TPSA) is 17.1 Å². The third-order valence-corrected chi connectivity index (χ3v) is 4.65. The van der Waals surface area contributed by atoms with Crippen LogP contribution < -0.4 is 0 Å². The standard InChI is InChI=1S/C18H20OS/c1-13-8-10-16(11-9-13)18(19)15(3)20-12-17-7-5-4-6-14(17)2/h4-11,15H,12H2,1-3H3. The van der Waals surface area contributed by atoms with E-state index in [-0.39, 0.29) is 11.0 Å². The van der Waals surface area contributed by atoms with E-state index in [1.54, 1.807) is 11.8 Å². The zero-order valence-electron chi connectivity index (χ0n) is 12.2. The molecular weight excluding hydrogens is 264 g/mol. The minimum absolute atomic E-state index is 0.0164. The summed E-state index contributed by atoms with van der Waals surface area (Å²) in [5.74, 6) is 1.09. The Kier molecular flexibility index (Phi) is 5.02. The van der Waals surface area contributed by atoms with Crippen LogP contribution in [-0.2, 0) is 5.75 Å². The molecule has 0 aliphatic carbocycles. The maximum absolute atomic E-state index is 12.3. The van der Waals surface area contributed by atoms with Crippen LogP contribution in [0.15, 0.2) is 48.5 Å². The van der Waals surface area contributed by atoms with Gasteiger partial charge in [-0.2, -0.15) is 0 Å². The Morgan fingerprint density at radius 1 is 1.05 bits per heavy atom. The van der Waals surface area contributed by atoms with E-state index in [2.05, 4.69) is 25.1 Å². The first-order valence-corrected chi connectivity index (χ1v) is 7.90. The van der Waals surface area contributed by atoms with Crippen molar-refractivity contribution >= 4 is 17.5 Å². The Morgan fingerprint density at radius 2 is 1.70 bits per heavy atom. The number of carbonyl (C=O) groups is 1. The molecule has 0 spiro atoms. The predicted molar refractivity (Wildman–Crippen MR) is 87.4 cm³/mol. The van der Waals surface area contributed by atoms with Crippen molar-refractivity contribution in [3.05, 3.63) is 70.8 Å². The third kappa shape index (κ3) is 3.73. The summed E-state index contributed by atoms with van der Waals surface area (Å²) in [6, 6.07) is 16.2. The van der Waals surface area contributed by atoms with Gasteiger partial charge in [-0.25, -0.2) is 0 Å². The Hall–Kier alpha value is -1.54. The van der Waals surface area contributed by atoms with E-state index in [9.17, 15) is 4.79 Å². The number of thioether (sulfide) groups is 1. The molecule has 0 saturated carbocycles. The quantitative estimate of drug-likeness (QED) is 0.733. The monoisotopic (exact) mass is 284 g/mol. The number of benzene rings is 2. The maximum atomic E-state index is 12.3. The van der Waals surface area contributed by atoms with Gasteiger partial charge < -0.3 is 0 Å². The highest BCUT2D eigenvalue weighted by atomic mass is 32.2. The van der Waals surface area contributed by atoms with Crippen LogP contribution in [0.4, 0.5) is 0 Å². The van der Waals surface area contributed by atoms with Gasteiger partial charge in [0, 0.05) is 11.3 Å². The molecule has 2 rings (SSSR count). The molecule has 20 heavy (non-hydrogen) atoms. The lowest BCUT2D eigenvalue weighted by molar-refractivity contribution is 0.0994. The van der Waals surface area contributed by atoms with Crippen LogP contribution in [0.5, 0.6) is 0 Å². The van der Waals surface area contributed by atoms with Gasteiger partial charge in [-0.3, -0.25) is 4.79 Å². The van der Waals surface area contributed by atoms with Crippen LogP contribution in [0.2, 0.25) is 0 Å². The van der Waals surface area contributed by atoms with Crippen molar-refractivity contribution in [2.24, 2.45) is 0 Å². The SMILES string of the molecule is Cc1ccc(C(=O)C(C)SCc2ccccc2C)cc1. The summed E-state index contributed by atoms with van der Waals surface area (Å²) in [5, 5.41) is -0.0164. The van der Waals surface area contributed by atoms with E-state index in [1.165, 1.54) is 16.7 Å². The molecule has 0 amide bonds. The number of Topliss-reactive ketones (excluding diaryl/α,β-unsaturated/α-hetero) is 1. The molecule has 1 atom stereocenters. The number of hydrogen-bond acceptors (Lipinski definition) is 2. The summed E-state index contributed by atoms with van der Waals surface area (Å²) >= 11 is 1.70. The van der Waals surface area contributed by atoms with E-state index >= 15 is 0 Å². The van der Waals surface area contributed by atoms with Gasteiger partial charge in [-0.05, 0) is 31.9 Å². The smallest absolute Gasteiger partial charge is 0.175 e. The van der Waals surface area contributed by atoms with Gasteiger partial charge >= 0.3 is 0 Å². The van der Waals surface area contributed by atoms with E-state index in [0.29, 0.717) is 0 Å². The Morgan fingerprint density at radius 3 is 2.35 bits per heavy atom. The van der Waals surface area contributed by atoms with Crippen LogP contribution in [-0.4, -0.2) is 11.0 Å². The first kappa shape index (κ1) is 14.9.